The molecule has 0 aliphatic carbocycles. The molecule has 0 aromatic carbocycles. The van der Waals surface area contributed by atoms with Gasteiger partial charge in [0.15, 0.2) is 0 Å². The van der Waals surface area contributed by atoms with Crippen molar-refractivity contribution in [2.75, 3.05) is 14.1 Å². The standard InChI is InChI=1S/C11H24N2/c1-9(8-11(3,4)5)12-10(2)13(6)7/h9H,8H2,1-7H3. The van der Waals surface area contributed by atoms with E-state index in [0.29, 0.717) is 11.5 Å². The first-order chi connectivity index (χ1) is 5.72. The zero-order valence-electron chi connectivity index (χ0n) is 10.2. The summed E-state index contributed by atoms with van der Waals surface area (Å²) in [5, 5.41) is 0. The van der Waals surface area contributed by atoms with E-state index >= 15 is 0 Å². The summed E-state index contributed by atoms with van der Waals surface area (Å²) >= 11 is 0. The molecule has 0 N–H and O–H groups in total. The minimum absolute atomic E-state index is 0.371. The van der Waals surface area contributed by atoms with Crippen molar-refractivity contribution in [2.45, 2.75) is 47.1 Å². The maximum atomic E-state index is 4.60. The van der Waals surface area contributed by atoms with E-state index in [-0.39, 0.29) is 0 Å². The van der Waals surface area contributed by atoms with Gasteiger partial charge in [-0.3, -0.25) is 4.99 Å². The average Bonchev–Trinajstić information content (AvgIpc) is 1.81. The second-order valence-electron chi connectivity index (χ2n) is 5.18. The van der Waals surface area contributed by atoms with Crippen LogP contribution in [0.3, 0.4) is 0 Å². The number of hydrogen-bond acceptors (Lipinski definition) is 1. The smallest absolute Gasteiger partial charge is 0.0955 e. The molecule has 0 saturated heterocycles. The summed E-state index contributed by atoms with van der Waals surface area (Å²) in [6.45, 7) is 11.0. The molecule has 0 aliphatic heterocycles. The first-order valence-electron chi connectivity index (χ1n) is 4.94. The van der Waals surface area contributed by atoms with Crippen molar-refractivity contribution in [3.8, 4) is 0 Å². The van der Waals surface area contributed by atoms with E-state index in [1.54, 1.807) is 0 Å². The third kappa shape index (κ3) is 6.62. The molecule has 0 spiro atoms. The third-order valence-corrected chi connectivity index (χ3v) is 1.96. The normalized spacial score (nSPS) is 15.8. The quantitative estimate of drug-likeness (QED) is 0.476. The average molecular weight is 184 g/mol. The Hall–Kier alpha value is -0.530. The van der Waals surface area contributed by atoms with E-state index < -0.39 is 0 Å². The molecule has 0 aromatic heterocycles. The van der Waals surface area contributed by atoms with Crippen LogP contribution in [0.2, 0.25) is 0 Å². The molecule has 0 bridgehead atoms. The van der Waals surface area contributed by atoms with Gasteiger partial charge in [0.05, 0.1) is 5.84 Å². The highest BCUT2D eigenvalue weighted by Gasteiger charge is 2.14. The van der Waals surface area contributed by atoms with Gasteiger partial charge in [0.1, 0.15) is 0 Å². The van der Waals surface area contributed by atoms with E-state index in [0.717, 1.165) is 12.3 Å². The van der Waals surface area contributed by atoms with Gasteiger partial charge in [-0.05, 0) is 25.7 Å². The van der Waals surface area contributed by atoms with Crippen LogP contribution in [0.5, 0.6) is 0 Å². The summed E-state index contributed by atoms with van der Waals surface area (Å²) in [5.74, 6) is 1.11. The molecule has 1 unspecified atom stereocenters. The van der Waals surface area contributed by atoms with Gasteiger partial charge in [0.25, 0.3) is 0 Å². The molecule has 0 saturated carbocycles. The predicted octanol–water partition coefficient (Wildman–Crippen LogP) is 2.79. The van der Waals surface area contributed by atoms with Crippen molar-refractivity contribution < 1.29 is 0 Å². The van der Waals surface area contributed by atoms with Crippen LogP contribution in [0.1, 0.15) is 41.0 Å². The molecule has 2 heteroatoms. The number of amidine groups is 1. The summed E-state index contributed by atoms with van der Waals surface area (Å²) in [6.07, 6.45) is 1.14. The van der Waals surface area contributed by atoms with Gasteiger partial charge in [0.2, 0.25) is 0 Å². The lowest BCUT2D eigenvalue weighted by Gasteiger charge is -2.22. The summed E-state index contributed by atoms with van der Waals surface area (Å²) in [5.41, 5.74) is 0.371. The molecule has 1 atom stereocenters. The number of hydrogen-bond donors (Lipinski definition) is 0. The fraction of sp³-hybridized carbons (Fsp3) is 0.909. The Kier molecular flexibility index (Phi) is 4.45. The summed E-state index contributed by atoms with van der Waals surface area (Å²) < 4.78 is 0. The van der Waals surface area contributed by atoms with E-state index in [1.165, 1.54) is 0 Å². The highest BCUT2D eigenvalue weighted by atomic mass is 15.1. The molecule has 0 heterocycles. The molecule has 0 aliphatic rings. The zero-order valence-corrected chi connectivity index (χ0v) is 10.2. The molecular formula is C11H24N2. The molecule has 0 aromatic rings. The van der Waals surface area contributed by atoms with Gasteiger partial charge in [-0.1, -0.05) is 20.8 Å². The fourth-order valence-corrected chi connectivity index (χ4v) is 1.37. The second kappa shape index (κ2) is 4.64. The van der Waals surface area contributed by atoms with E-state index in [2.05, 4.69) is 44.5 Å². The van der Waals surface area contributed by atoms with Crippen LogP contribution < -0.4 is 0 Å². The van der Waals surface area contributed by atoms with Gasteiger partial charge in [-0.25, -0.2) is 0 Å². The second-order valence-corrected chi connectivity index (χ2v) is 5.18. The largest absolute Gasteiger partial charge is 0.367 e. The molecule has 0 amide bonds. The van der Waals surface area contributed by atoms with Crippen LogP contribution in [-0.2, 0) is 0 Å². The molecule has 0 rings (SSSR count). The molecular weight excluding hydrogens is 160 g/mol. The van der Waals surface area contributed by atoms with Crippen molar-refractivity contribution in [2.24, 2.45) is 10.4 Å². The van der Waals surface area contributed by atoms with Crippen LogP contribution in [0.4, 0.5) is 0 Å². The van der Waals surface area contributed by atoms with Crippen LogP contribution in [0.15, 0.2) is 4.99 Å². The van der Waals surface area contributed by atoms with E-state index in [1.807, 2.05) is 14.1 Å². The highest BCUT2D eigenvalue weighted by molar-refractivity contribution is 5.79. The Bertz CT molecular complexity index is 175. The Morgan fingerprint density at radius 3 is 2.08 bits per heavy atom. The molecule has 0 radical (unpaired) electrons. The Morgan fingerprint density at radius 1 is 1.31 bits per heavy atom. The summed E-state index contributed by atoms with van der Waals surface area (Å²) in [4.78, 5) is 6.66. The number of nitrogens with zero attached hydrogens (tertiary/aromatic N) is 2. The van der Waals surface area contributed by atoms with Gasteiger partial charge >= 0.3 is 0 Å². The minimum Gasteiger partial charge on any atom is -0.367 e. The molecule has 2 nitrogen and oxygen atoms in total. The lowest BCUT2D eigenvalue weighted by molar-refractivity contribution is 0.348. The van der Waals surface area contributed by atoms with Crippen LogP contribution in [0.25, 0.3) is 0 Å². The van der Waals surface area contributed by atoms with E-state index in [9.17, 15) is 0 Å². The van der Waals surface area contributed by atoms with Crippen molar-refractivity contribution >= 4 is 5.84 Å². The zero-order chi connectivity index (χ0) is 10.6. The van der Waals surface area contributed by atoms with Crippen LogP contribution >= 0.6 is 0 Å². The Morgan fingerprint density at radius 2 is 1.77 bits per heavy atom. The number of aliphatic imine (C=N–C) groups is 1. The maximum Gasteiger partial charge on any atom is 0.0955 e. The van der Waals surface area contributed by atoms with Gasteiger partial charge in [-0.2, -0.15) is 0 Å². The van der Waals surface area contributed by atoms with Gasteiger partial charge in [-0.15, -0.1) is 0 Å². The number of rotatable bonds is 2. The van der Waals surface area contributed by atoms with E-state index in [4.69, 9.17) is 0 Å². The molecule has 0 fully saturated rings. The fourth-order valence-electron chi connectivity index (χ4n) is 1.37. The SMILES string of the molecule is CC(=NC(C)CC(C)(C)C)N(C)C. The lowest BCUT2D eigenvalue weighted by atomic mass is 9.89. The van der Waals surface area contributed by atoms with Gasteiger partial charge in [0, 0.05) is 20.1 Å². The Labute approximate surface area is 83.0 Å². The maximum absolute atomic E-state index is 4.60. The van der Waals surface area contributed by atoms with Crippen molar-refractivity contribution in [1.82, 2.24) is 4.90 Å². The summed E-state index contributed by atoms with van der Waals surface area (Å²) in [6, 6.07) is 0.419. The first-order valence-corrected chi connectivity index (χ1v) is 4.94. The van der Waals surface area contributed by atoms with Crippen LogP contribution in [-0.4, -0.2) is 30.9 Å². The highest BCUT2D eigenvalue weighted by Crippen LogP contribution is 2.22. The van der Waals surface area contributed by atoms with Crippen LogP contribution in [0, 0.1) is 5.41 Å². The van der Waals surface area contributed by atoms with Crippen molar-refractivity contribution in [1.29, 1.82) is 0 Å². The summed E-state index contributed by atoms with van der Waals surface area (Å²) in [7, 11) is 4.06. The Balaban J connectivity index is 4.14. The molecule has 13 heavy (non-hydrogen) atoms. The lowest BCUT2D eigenvalue weighted by Crippen LogP contribution is -2.22. The minimum atomic E-state index is 0.371. The van der Waals surface area contributed by atoms with Crippen molar-refractivity contribution in [3.05, 3.63) is 0 Å². The first kappa shape index (κ1) is 12.5. The van der Waals surface area contributed by atoms with Gasteiger partial charge < -0.3 is 4.90 Å². The predicted molar refractivity (Wildman–Crippen MR) is 60.3 cm³/mol. The van der Waals surface area contributed by atoms with Crippen molar-refractivity contribution in [3.63, 3.8) is 0 Å². The monoisotopic (exact) mass is 184 g/mol. The topological polar surface area (TPSA) is 15.6 Å². The third-order valence-electron chi connectivity index (χ3n) is 1.96. The molecule has 78 valence electrons.